The topological polar surface area (TPSA) is 127 Å². The minimum absolute atomic E-state index is 0.0634. The van der Waals surface area contributed by atoms with Crippen molar-refractivity contribution in [3.05, 3.63) is 80.9 Å². The van der Waals surface area contributed by atoms with E-state index >= 15 is 0 Å². The molecule has 0 fully saturated rings. The summed E-state index contributed by atoms with van der Waals surface area (Å²) in [7, 11) is 0. The van der Waals surface area contributed by atoms with Crippen molar-refractivity contribution < 1.29 is 14.6 Å². The smallest absolute Gasteiger partial charge is 0.271 e. The van der Waals surface area contributed by atoms with Crippen molar-refractivity contribution in [2.24, 2.45) is 0 Å². The average molecular weight is 354 g/mol. The van der Waals surface area contributed by atoms with Gasteiger partial charge in [0.05, 0.1) is 15.9 Å². The Balaban J connectivity index is 1.77. The molecule has 26 heavy (non-hydrogen) atoms. The van der Waals surface area contributed by atoms with Crippen LogP contribution < -0.4 is 10.6 Å². The Bertz CT molecular complexity index is 912. The zero-order valence-electron chi connectivity index (χ0n) is 13.4. The number of carbonyl (C=O) groups is 1. The van der Waals surface area contributed by atoms with Gasteiger partial charge in [-0.1, -0.05) is 18.2 Å². The molecule has 0 spiro atoms. The van der Waals surface area contributed by atoms with Gasteiger partial charge in [-0.05, 0) is 18.2 Å². The molecular formula is C17H14N4O5. The average Bonchev–Trinajstić information content (AvgIpc) is 2.95. The van der Waals surface area contributed by atoms with E-state index in [1.807, 2.05) is 0 Å². The highest BCUT2D eigenvalue weighted by Crippen LogP contribution is 2.24. The van der Waals surface area contributed by atoms with Crippen molar-refractivity contribution in [2.75, 3.05) is 10.6 Å². The van der Waals surface area contributed by atoms with Gasteiger partial charge in [-0.15, -0.1) is 0 Å². The van der Waals surface area contributed by atoms with Gasteiger partial charge in [0.15, 0.2) is 5.78 Å². The van der Waals surface area contributed by atoms with Crippen LogP contribution in [0.15, 0.2) is 60.7 Å². The molecule has 0 saturated heterocycles. The van der Waals surface area contributed by atoms with Crippen LogP contribution in [-0.4, -0.2) is 27.7 Å². The van der Waals surface area contributed by atoms with Crippen LogP contribution in [0.2, 0.25) is 0 Å². The molecule has 2 aromatic rings. The summed E-state index contributed by atoms with van der Waals surface area (Å²) in [6.45, 7) is 0. The predicted octanol–water partition coefficient (Wildman–Crippen LogP) is 2.90. The molecule has 0 aliphatic heterocycles. The predicted molar refractivity (Wildman–Crippen MR) is 95.2 cm³/mol. The molecular weight excluding hydrogens is 340 g/mol. The van der Waals surface area contributed by atoms with Crippen molar-refractivity contribution in [1.82, 2.24) is 0 Å². The van der Waals surface area contributed by atoms with Crippen LogP contribution in [0.25, 0.3) is 0 Å². The number of nitro groups is 2. The molecule has 2 aromatic carbocycles. The second-order valence-corrected chi connectivity index (χ2v) is 5.67. The zero-order chi connectivity index (χ0) is 18.7. The summed E-state index contributed by atoms with van der Waals surface area (Å²) < 4.78 is 0. The largest absolute Gasteiger partial charge is 0.376 e. The normalized spacial score (nSPS) is 18.5. The second kappa shape index (κ2) is 7.01. The number of hydrogen-bond donors (Lipinski definition) is 2. The fourth-order valence-electron chi connectivity index (χ4n) is 2.67. The number of nitrogens with one attached hydrogen (secondary N) is 2. The molecule has 0 amide bonds. The summed E-state index contributed by atoms with van der Waals surface area (Å²) >= 11 is 0. The molecule has 0 radical (unpaired) electrons. The number of nitrogens with zero attached hydrogens (tertiary/aromatic N) is 2. The van der Waals surface area contributed by atoms with Gasteiger partial charge in [0.1, 0.15) is 6.04 Å². The van der Waals surface area contributed by atoms with Crippen LogP contribution in [0.4, 0.5) is 22.7 Å². The Labute approximate surface area is 147 Å². The Morgan fingerprint density at radius 1 is 0.846 bits per heavy atom. The summed E-state index contributed by atoms with van der Waals surface area (Å²) in [4.78, 5) is 32.9. The maximum atomic E-state index is 12.1. The van der Waals surface area contributed by atoms with E-state index in [1.165, 1.54) is 36.4 Å². The lowest BCUT2D eigenvalue weighted by atomic mass is 10.1. The number of non-ortho nitro benzene ring substituents is 2. The van der Waals surface area contributed by atoms with Gasteiger partial charge in [-0.25, -0.2) is 0 Å². The molecule has 3 rings (SSSR count). The minimum atomic E-state index is -0.684. The second-order valence-electron chi connectivity index (χ2n) is 5.67. The number of ketones is 1. The Hall–Kier alpha value is -3.75. The molecule has 0 aromatic heterocycles. The van der Waals surface area contributed by atoms with Crippen LogP contribution in [0.1, 0.15) is 0 Å². The van der Waals surface area contributed by atoms with E-state index in [0.717, 1.165) is 0 Å². The quantitative estimate of drug-likeness (QED) is 0.603. The van der Waals surface area contributed by atoms with E-state index in [0.29, 0.717) is 11.4 Å². The highest BCUT2D eigenvalue weighted by Gasteiger charge is 2.30. The number of nitro benzene ring substituents is 2. The standard InChI is InChI=1S/C17H14N4O5/c22-16-8-7-15(18-11-3-1-5-13(9-11)20(23)24)17(16)19-12-4-2-6-14(10-12)21(25)26/h1-10,15,17-19H/t15-,17-/m1/s1. The summed E-state index contributed by atoms with van der Waals surface area (Å²) in [6, 6.07) is 10.7. The van der Waals surface area contributed by atoms with Gasteiger partial charge < -0.3 is 10.6 Å². The van der Waals surface area contributed by atoms with Crippen LogP contribution in [-0.2, 0) is 4.79 Å². The molecule has 1 aliphatic rings. The first-order valence-corrected chi connectivity index (χ1v) is 7.68. The van der Waals surface area contributed by atoms with Gasteiger partial charge in [0.25, 0.3) is 11.4 Å². The zero-order valence-corrected chi connectivity index (χ0v) is 13.4. The summed E-state index contributed by atoms with van der Waals surface area (Å²) in [5, 5.41) is 27.8. The van der Waals surface area contributed by atoms with Crippen molar-refractivity contribution in [3.63, 3.8) is 0 Å². The third-order valence-corrected chi connectivity index (χ3v) is 3.90. The van der Waals surface area contributed by atoms with E-state index in [-0.39, 0.29) is 17.2 Å². The van der Waals surface area contributed by atoms with Crippen LogP contribution in [0.3, 0.4) is 0 Å². The van der Waals surface area contributed by atoms with E-state index in [9.17, 15) is 25.0 Å². The van der Waals surface area contributed by atoms with Crippen LogP contribution in [0, 0.1) is 20.2 Å². The number of carbonyl (C=O) groups excluding carboxylic acids is 1. The molecule has 2 N–H and O–H groups in total. The number of anilines is 2. The van der Waals surface area contributed by atoms with Crippen molar-refractivity contribution in [3.8, 4) is 0 Å². The van der Waals surface area contributed by atoms with Gasteiger partial charge in [-0.3, -0.25) is 25.0 Å². The third kappa shape index (κ3) is 3.66. The summed E-state index contributed by atoms with van der Waals surface area (Å²) in [6.07, 6.45) is 3.06. The molecule has 0 bridgehead atoms. The van der Waals surface area contributed by atoms with E-state index < -0.39 is 21.9 Å². The maximum absolute atomic E-state index is 12.1. The molecule has 132 valence electrons. The van der Waals surface area contributed by atoms with E-state index in [2.05, 4.69) is 10.6 Å². The molecule has 9 heteroatoms. The highest BCUT2D eigenvalue weighted by atomic mass is 16.6. The first-order chi connectivity index (χ1) is 12.4. The Morgan fingerprint density at radius 2 is 1.38 bits per heavy atom. The van der Waals surface area contributed by atoms with Gasteiger partial charge >= 0.3 is 0 Å². The Morgan fingerprint density at radius 3 is 1.92 bits per heavy atom. The fourth-order valence-corrected chi connectivity index (χ4v) is 2.67. The monoisotopic (exact) mass is 354 g/mol. The molecule has 1 aliphatic carbocycles. The first kappa shape index (κ1) is 17.1. The summed E-state index contributed by atoms with van der Waals surface area (Å²) in [5.74, 6) is -0.195. The van der Waals surface area contributed by atoms with Gasteiger partial charge in [0.2, 0.25) is 0 Å². The lowest BCUT2D eigenvalue weighted by molar-refractivity contribution is -0.385. The summed E-state index contributed by atoms with van der Waals surface area (Å²) in [5.41, 5.74) is 0.782. The minimum Gasteiger partial charge on any atom is -0.376 e. The lowest BCUT2D eigenvalue weighted by Gasteiger charge is -2.22. The number of hydrogen-bond acceptors (Lipinski definition) is 7. The van der Waals surface area contributed by atoms with Gasteiger partial charge in [-0.2, -0.15) is 0 Å². The van der Waals surface area contributed by atoms with E-state index in [1.54, 1.807) is 24.3 Å². The maximum Gasteiger partial charge on any atom is 0.271 e. The van der Waals surface area contributed by atoms with Crippen molar-refractivity contribution in [1.29, 1.82) is 0 Å². The SMILES string of the molecule is O=C1C=C[C@@H](Nc2cccc([N+](=O)[O-])c2)[C@H]1Nc1cccc([N+](=O)[O-])c1. The lowest BCUT2D eigenvalue weighted by Crippen LogP contribution is -2.39. The Kier molecular flexibility index (Phi) is 4.61. The molecule has 0 heterocycles. The van der Waals surface area contributed by atoms with Crippen molar-refractivity contribution in [2.45, 2.75) is 12.1 Å². The highest BCUT2D eigenvalue weighted by molar-refractivity contribution is 6.00. The fraction of sp³-hybridized carbons (Fsp3) is 0.118. The van der Waals surface area contributed by atoms with Crippen molar-refractivity contribution >= 4 is 28.5 Å². The molecule has 0 saturated carbocycles. The molecule has 0 unspecified atom stereocenters. The number of rotatable bonds is 6. The van der Waals surface area contributed by atoms with E-state index in [4.69, 9.17) is 0 Å². The van der Waals surface area contributed by atoms with Gasteiger partial charge in [0, 0.05) is 35.6 Å². The van der Waals surface area contributed by atoms with Crippen LogP contribution in [0.5, 0.6) is 0 Å². The first-order valence-electron chi connectivity index (χ1n) is 7.68. The molecule has 9 nitrogen and oxygen atoms in total. The molecule has 2 atom stereocenters. The number of benzene rings is 2. The van der Waals surface area contributed by atoms with Crippen LogP contribution >= 0.6 is 0 Å². The third-order valence-electron chi connectivity index (χ3n) is 3.90.